The largest absolute Gasteiger partial charge is 0.483 e. The fourth-order valence-electron chi connectivity index (χ4n) is 2.43. The van der Waals surface area contributed by atoms with Gasteiger partial charge in [-0.25, -0.2) is 0 Å². The molecule has 0 heterocycles. The highest BCUT2D eigenvalue weighted by Crippen LogP contribution is 2.23. The number of halogens is 1. The van der Waals surface area contributed by atoms with Crippen LogP contribution in [0.3, 0.4) is 0 Å². The summed E-state index contributed by atoms with van der Waals surface area (Å²) in [5.41, 5.74) is 7.81. The summed E-state index contributed by atoms with van der Waals surface area (Å²) in [4.78, 5) is 35.6. The van der Waals surface area contributed by atoms with Crippen LogP contribution in [0.4, 0.5) is 5.69 Å². The van der Waals surface area contributed by atoms with Crippen LogP contribution in [-0.2, 0) is 14.4 Å². The molecule has 0 saturated carbocycles. The van der Waals surface area contributed by atoms with Gasteiger partial charge >= 0.3 is 0 Å². The summed E-state index contributed by atoms with van der Waals surface area (Å²) in [6.45, 7) is 5.36. The number of amides is 3. The molecular weight excluding hydrogens is 394 g/mol. The van der Waals surface area contributed by atoms with E-state index in [1.807, 2.05) is 32.0 Å². The van der Waals surface area contributed by atoms with Gasteiger partial charge in [0.05, 0.1) is 0 Å². The Hall–Kier alpha value is -3.06. The fraction of sp³-hybridized carbons (Fsp3) is 0.286. The van der Waals surface area contributed by atoms with Gasteiger partial charge in [-0.05, 0) is 55.7 Å². The predicted octanol–water partition coefficient (Wildman–Crippen LogP) is 3.21. The molecule has 0 spiro atoms. The SMILES string of the molecule is Cc1ccc(C)c(OCC(=O)NNC(=O)CCC(=O)Nc2cccc(Cl)c2C)c1. The number of carbonyl (C=O) groups is 3. The molecule has 0 aliphatic heterocycles. The minimum absolute atomic E-state index is 0.0351. The van der Waals surface area contributed by atoms with Crippen LogP contribution in [-0.4, -0.2) is 24.3 Å². The van der Waals surface area contributed by atoms with Crippen molar-refractivity contribution in [2.75, 3.05) is 11.9 Å². The second-order valence-corrected chi connectivity index (χ2v) is 7.02. The molecule has 0 radical (unpaired) electrons. The van der Waals surface area contributed by atoms with Gasteiger partial charge in [0.25, 0.3) is 5.91 Å². The molecule has 29 heavy (non-hydrogen) atoms. The molecule has 2 aromatic rings. The Morgan fingerprint density at radius 1 is 0.931 bits per heavy atom. The Labute approximate surface area is 174 Å². The highest BCUT2D eigenvalue weighted by molar-refractivity contribution is 6.31. The van der Waals surface area contributed by atoms with Gasteiger partial charge < -0.3 is 10.1 Å². The number of hydrazine groups is 1. The van der Waals surface area contributed by atoms with Crippen LogP contribution in [0, 0.1) is 20.8 Å². The molecule has 0 aliphatic rings. The van der Waals surface area contributed by atoms with Gasteiger partial charge in [0.2, 0.25) is 11.8 Å². The van der Waals surface area contributed by atoms with Crippen molar-refractivity contribution in [3.8, 4) is 5.75 Å². The molecule has 0 atom stereocenters. The Kier molecular flexibility index (Phi) is 8.03. The molecule has 0 aliphatic carbocycles. The predicted molar refractivity (Wildman–Crippen MR) is 112 cm³/mol. The van der Waals surface area contributed by atoms with Crippen LogP contribution in [0.2, 0.25) is 5.02 Å². The Morgan fingerprint density at radius 3 is 2.38 bits per heavy atom. The Morgan fingerprint density at radius 2 is 1.62 bits per heavy atom. The van der Waals surface area contributed by atoms with Gasteiger partial charge in [-0.1, -0.05) is 29.8 Å². The van der Waals surface area contributed by atoms with E-state index >= 15 is 0 Å². The van der Waals surface area contributed by atoms with Gasteiger partial charge in [0, 0.05) is 23.6 Å². The number of rotatable bonds is 7. The smallest absolute Gasteiger partial charge is 0.276 e. The average Bonchev–Trinajstić information content (AvgIpc) is 2.69. The molecule has 3 amide bonds. The second-order valence-electron chi connectivity index (χ2n) is 6.61. The lowest BCUT2D eigenvalue weighted by atomic mass is 10.1. The normalized spacial score (nSPS) is 10.2. The summed E-state index contributed by atoms with van der Waals surface area (Å²) >= 11 is 6.01. The minimum atomic E-state index is -0.502. The summed E-state index contributed by atoms with van der Waals surface area (Å²) < 4.78 is 5.46. The first-order chi connectivity index (χ1) is 13.8. The third-order valence-corrected chi connectivity index (χ3v) is 4.57. The lowest BCUT2D eigenvalue weighted by molar-refractivity contribution is -0.130. The lowest BCUT2D eigenvalue weighted by Gasteiger charge is -2.11. The van der Waals surface area contributed by atoms with Crippen molar-refractivity contribution >= 4 is 35.0 Å². The van der Waals surface area contributed by atoms with Crippen molar-refractivity contribution in [1.82, 2.24) is 10.9 Å². The van der Waals surface area contributed by atoms with Crippen molar-refractivity contribution in [3.05, 3.63) is 58.1 Å². The van der Waals surface area contributed by atoms with Crippen molar-refractivity contribution in [2.24, 2.45) is 0 Å². The van der Waals surface area contributed by atoms with Crippen LogP contribution in [0.1, 0.15) is 29.5 Å². The summed E-state index contributed by atoms with van der Waals surface area (Å²) in [5.74, 6) is -0.698. The van der Waals surface area contributed by atoms with Crippen molar-refractivity contribution in [1.29, 1.82) is 0 Å². The van der Waals surface area contributed by atoms with Crippen LogP contribution in [0.5, 0.6) is 5.75 Å². The van der Waals surface area contributed by atoms with E-state index in [2.05, 4.69) is 16.2 Å². The van der Waals surface area contributed by atoms with Crippen molar-refractivity contribution in [2.45, 2.75) is 33.6 Å². The van der Waals surface area contributed by atoms with E-state index in [4.69, 9.17) is 16.3 Å². The molecule has 0 bridgehead atoms. The number of nitrogens with one attached hydrogen (secondary N) is 3. The fourth-order valence-corrected chi connectivity index (χ4v) is 2.60. The van der Waals surface area contributed by atoms with Crippen LogP contribution in [0.15, 0.2) is 36.4 Å². The second kappa shape index (κ2) is 10.5. The summed E-state index contributed by atoms with van der Waals surface area (Å²) in [6, 6.07) is 10.9. The van der Waals surface area contributed by atoms with E-state index in [1.165, 1.54) is 0 Å². The average molecular weight is 418 g/mol. The molecule has 0 fully saturated rings. The first kappa shape index (κ1) is 22.2. The van der Waals surface area contributed by atoms with Gasteiger partial charge in [0.1, 0.15) is 5.75 Å². The summed E-state index contributed by atoms with van der Waals surface area (Å²) in [7, 11) is 0. The number of benzene rings is 2. The summed E-state index contributed by atoms with van der Waals surface area (Å²) in [5, 5.41) is 3.26. The zero-order chi connectivity index (χ0) is 21.4. The highest BCUT2D eigenvalue weighted by atomic mass is 35.5. The molecule has 8 heteroatoms. The third kappa shape index (κ3) is 7.12. The van der Waals surface area contributed by atoms with Crippen LogP contribution < -0.4 is 20.9 Å². The van der Waals surface area contributed by atoms with Crippen LogP contribution in [0.25, 0.3) is 0 Å². The van der Waals surface area contributed by atoms with Gasteiger partial charge in [0.15, 0.2) is 6.61 Å². The van der Waals surface area contributed by atoms with E-state index in [0.717, 1.165) is 16.7 Å². The monoisotopic (exact) mass is 417 g/mol. The lowest BCUT2D eigenvalue weighted by Crippen LogP contribution is -2.44. The van der Waals surface area contributed by atoms with Gasteiger partial charge in [-0.3, -0.25) is 25.2 Å². The third-order valence-electron chi connectivity index (χ3n) is 4.16. The maximum Gasteiger partial charge on any atom is 0.276 e. The first-order valence-electron chi connectivity index (χ1n) is 9.09. The Bertz CT molecular complexity index is 915. The maximum atomic E-state index is 12.0. The van der Waals surface area contributed by atoms with E-state index in [-0.39, 0.29) is 25.4 Å². The number of aryl methyl sites for hydroxylation is 2. The molecule has 0 saturated heterocycles. The number of anilines is 1. The molecule has 2 aromatic carbocycles. The van der Waals surface area contributed by atoms with Gasteiger partial charge in [-0.2, -0.15) is 0 Å². The molecular formula is C21H24ClN3O4. The number of ether oxygens (including phenoxy) is 1. The molecule has 154 valence electrons. The minimum Gasteiger partial charge on any atom is -0.483 e. The topological polar surface area (TPSA) is 96.5 Å². The van der Waals surface area contributed by atoms with Crippen molar-refractivity contribution < 1.29 is 19.1 Å². The molecule has 2 rings (SSSR count). The molecule has 0 unspecified atom stereocenters. The zero-order valence-electron chi connectivity index (χ0n) is 16.6. The highest BCUT2D eigenvalue weighted by Gasteiger charge is 2.11. The quantitative estimate of drug-likeness (QED) is 0.602. The molecule has 3 N–H and O–H groups in total. The first-order valence-corrected chi connectivity index (χ1v) is 9.46. The van der Waals surface area contributed by atoms with E-state index in [1.54, 1.807) is 25.1 Å². The summed E-state index contributed by atoms with van der Waals surface area (Å²) in [6.07, 6.45) is -0.115. The standard InChI is InChI=1S/C21H24ClN3O4/c1-13-7-8-14(2)18(11-13)29-12-21(28)25-24-20(27)10-9-19(26)23-17-6-4-5-16(22)15(17)3/h4-8,11H,9-10,12H2,1-3H3,(H,23,26)(H,24,27)(H,25,28). The zero-order valence-corrected chi connectivity index (χ0v) is 17.4. The molecule has 0 aromatic heterocycles. The molecule has 7 nitrogen and oxygen atoms in total. The number of hydrogen-bond acceptors (Lipinski definition) is 4. The van der Waals surface area contributed by atoms with E-state index in [0.29, 0.717) is 16.5 Å². The van der Waals surface area contributed by atoms with E-state index in [9.17, 15) is 14.4 Å². The maximum absolute atomic E-state index is 12.0. The van der Waals surface area contributed by atoms with Crippen molar-refractivity contribution in [3.63, 3.8) is 0 Å². The Balaban J connectivity index is 1.69. The van der Waals surface area contributed by atoms with E-state index < -0.39 is 11.8 Å². The van der Waals surface area contributed by atoms with Crippen LogP contribution >= 0.6 is 11.6 Å². The number of carbonyl (C=O) groups excluding carboxylic acids is 3. The number of hydrogen-bond donors (Lipinski definition) is 3. The van der Waals surface area contributed by atoms with Gasteiger partial charge in [-0.15, -0.1) is 0 Å².